The van der Waals surface area contributed by atoms with Gasteiger partial charge in [0.1, 0.15) is 16.9 Å². The van der Waals surface area contributed by atoms with E-state index in [1.54, 1.807) is 25.1 Å². The van der Waals surface area contributed by atoms with Crippen LogP contribution in [0.25, 0.3) is 11.0 Å². The van der Waals surface area contributed by atoms with Crippen LogP contribution in [0.15, 0.2) is 102 Å². The van der Waals surface area contributed by atoms with Gasteiger partial charge in [0.05, 0.1) is 12.5 Å². The van der Waals surface area contributed by atoms with Crippen molar-refractivity contribution >= 4 is 28.5 Å². The lowest BCUT2D eigenvalue weighted by molar-refractivity contribution is -0.904. The van der Waals surface area contributed by atoms with Gasteiger partial charge in [-0.05, 0) is 65.9 Å². The van der Waals surface area contributed by atoms with Crippen molar-refractivity contribution < 1.29 is 24.3 Å². The number of nitrogens with zero attached hydrogens (tertiary/aromatic N) is 2. The highest BCUT2D eigenvalue weighted by molar-refractivity contribution is 6.30. The van der Waals surface area contributed by atoms with E-state index in [-0.39, 0.29) is 18.4 Å². The van der Waals surface area contributed by atoms with Crippen molar-refractivity contribution in [3.63, 3.8) is 0 Å². The van der Waals surface area contributed by atoms with Crippen LogP contribution in [0.2, 0.25) is 5.02 Å². The molecule has 0 spiro atoms. The molecule has 2 aromatic heterocycles. The molecule has 6 nitrogen and oxygen atoms in total. The second kappa shape index (κ2) is 9.88. The van der Waals surface area contributed by atoms with Gasteiger partial charge >= 0.3 is 0 Å². The normalized spacial score (nSPS) is 16.6. The number of amides is 1. The molecule has 7 heteroatoms. The first-order valence-corrected chi connectivity index (χ1v) is 13.3. The summed E-state index contributed by atoms with van der Waals surface area (Å²) in [5.41, 5.74) is 4.03. The average Bonchev–Trinajstić information content (AvgIpc) is 3.37. The van der Waals surface area contributed by atoms with Gasteiger partial charge in [-0.3, -0.25) is 10.0 Å². The molecule has 39 heavy (non-hydrogen) atoms. The maximum atomic E-state index is 13.8. The summed E-state index contributed by atoms with van der Waals surface area (Å²) in [6.45, 7) is 2.26. The minimum Gasteiger partial charge on any atom is -0.458 e. The summed E-state index contributed by atoms with van der Waals surface area (Å²) in [7, 11) is 0. The van der Waals surface area contributed by atoms with E-state index in [4.69, 9.17) is 16.0 Å². The molecule has 3 aromatic carbocycles. The zero-order valence-corrected chi connectivity index (χ0v) is 22.2. The molecule has 1 aliphatic rings. The number of rotatable bonds is 5. The maximum Gasteiger partial charge on any atom is 0.227 e. The van der Waals surface area contributed by atoms with Gasteiger partial charge in [0.15, 0.2) is 0 Å². The number of aromatic nitrogens is 1. The Morgan fingerprint density at radius 1 is 1.05 bits per heavy atom. The van der Waals surface area contributed by atoms with Crippen LogP contribution in [0.5, 0.6) is 0 Å². The number of carbonyl (C=O) groups excluding carboxylic acids is 1. The van der Waals surface area contributed by atoms with E-state index in [0.717, 1.165) is 33.2 Å². The van der Waals surface area contributed by atoms with Gasteiger partial charge in [0.25, 0.3) is 0 Å². The Balaban J connectivity index is 1.28. The molecule has 2 atom stereocenters. The third-order valence-corrected chi connectivity index (χ3v) is 7.80. The molecular weight excluding hydrogens is 512 g/mol. The maximum absolute atomic E-state index is 13.8. The van der Waals surface area contributed by atoms with E-state index in [1.165, 1.54) is 18.0 Å². The second-order valence-corrected chi connectivity index (χ2v) is 10.6. The van der Waals surface area contributed by atoms with Crippen molar-refractivity contribution in [2.24, 2.45) is 0 Å². The van der Waals surface area contributed by atoms with Crippen LogP contribution in [-0.4, -0.2) is 27.7 Å². The van der Waals surface area contributed by atoms with Gasteiger partial charge in [-0.15, -0.1) is 0 Å². The minimum atomic E-state index is -1.39. The van der Waals surface area contributed by atoms with Crippen molar-refractivity contribution in [1.82, 2.24) is 4.90 Å². The summed E-state index contributed by atoms with van der Waals surface area (Å²) in [4.78, 5) is 15.7. The zero-order chi connectivity index (χ0) is 27.1. The highest BCUT2D eigenvalue weighted by atomic mass is 35.5. The van der Waals surface area contributed by atoms with Gasteiger partial charge in [0.2, 0.25) is 18.3 Å². The Morgan fingerprint density at radius 2 is 1.82 bits per heavy atom. The summed E-state index contributed by atoms with van der Waals surface area (Å²) in [6.07, 6.45) is 3.90. The minimum absolute atomic E-state index is 0.0427. The summed E-state index contributed by atoms with van der Waals surface area (Å²) >= 11 is 6.28. The van der Waals surface area contributed by atoms with E-state index >= 15 is 0 Å². The number of pyridine rings is 1. The lowest BCUT2D eigenvalue weighted by Gasteiger charge is -2.38. The molecule has 0 saturated heterocycles. The fourth-order valence-corrected chi connectivity index (χ4v) is 5.66. The molecule has 6 rings (SSSR count). The fourth-order valence-electron chi connectivity index (χ4n) is 5.46. The Morgan fingerprint density at radius 3 is 2.59 bits per heavy atom. The Labute approximate surface area is 231 Å². The quantitative estimate of drug-likeness (QED) is 0.226. The molecule has 1 aliphatic heterocycles. The lowest BCUT2D eigenvalue weighted by atomic mass is 9.87. The molecule has 0 radical (unpaired) electrons. The number of furan rings is 1. The molecule has 0 saturated carbocycles. The molecule has 196 valence electrons. The molecule has 0 fully saturated rings. The molecule has 1 amide bonds. The molecule has 0 aliphatic carbocycles. The highest BCUT2D eigenvalue weighted by Gasteiger charge is 2.33. The van der Waals surface area contributed by atoms with Gasteiger partial charge in [-0.2, -0.15) is 0 Å². The van der Waals surface area contributed by atoms with Crippen LogP contribution in [0.3, 0.4) is 0 Å². The van der Waals surface area contributed by atoms with E-state index in [9.17, 15) is 15.1 Å². The van der Waals surface area contributed by atoms with Crippen molar-refractivity contribution in [3.05, 3.63) is 136 Å². The van der Waals surface area contributed by atoms with Crippen LogP contribution in [0.1, 0.15) is 46.5 Å². The number of aliphatic hydroxyl groups is 1. The molecule has 5 aromatic rings. The summed E-state index contributed by atoms with van der Waals surface area (Å²) in [5, 5.41) is 22.2. The Bertz CT molecular complexity index is 1660. The molecule has 3 heterocycles. The fraction of sp³-hybridized carbons (Fsp3) is 0.188. The van der Waals surface area contributed by atoms with E-state index in [1.807, 2.05) is 59.5 Å². The number of hydrogen-bond donors (Lipinski definition) is 2. The molecular formula is C32H28ClN2O4+. The topological polar surface area (TPSA) is 77.8 Å². The number of carbonyl (C=O) groups is 1. The average molecular weight is 540 g/mol. The summed E-state index contributed by atoms with van der Waals surface area (Å²) in [6, 6.07) is 26.6. The summed E-state index contributed by atoms with van der Waals surface area (Å²) < 4.78 is 6.91. The third kappa shape index (κ3) is 4.78. The molecule has 2 unspecified atom stereocenters. The van der Waals surface area contributed by atoms with Crippen molar-refractivity contribution in [3.8, 4) is 0 Å². The Kier molecular flexibility index (Phi) is 6.37. The van der Waals surface area contributed by atoms with Crippen LogP contribution in [0, 0.1) is 0 Å². The van der Waals surface area contributed by atoms with Crippen LogP contribution in [0.4, 0.5) is 0 Å². The van der Waals surface area contributed by atoms with Crippen molar-refractivity contribution in [2.75, 3.05) is 6.54 Å². The third-order valence-electron chi connectivity index (χ3n) is 7.56. The highest BCUT2D eigenvalue weighted by Crippen LogP contribution is 2.37. The lowest BCUT2D eigenvalue weighted by Crippen LogP contribution is -2.41. The number of benzene rings is 3. The first kappa shape index (κ1) is 25.2. The first-order valence-electron chi connectivity index (χ1n) is 12.9. The smallest absolute Gasteiger partial charge is 0.227 e. The van der Waals surface area contributed by atoms with Gasteiger partial charge < -0.3 is 14.4 Å². The van der Waals surface area contributed by atoms with Crippen LogP contribution >= 0.6 is 11.6 Å². The van der Waals surface area contributed by atoms with Gasteiger partial charge in [0, 0.05) is 39.4 Å². The second-order valence-electron chi connectivity index (χ2n) is 10.2. The molecule has 2 N–H and O–H groups in total. The van der Waals surface area contributed by atoms with E-state index in [2.05, 4.69) is 12.1 Å². The van der Waals surface area contributed by atoms with E-state index < -0.39 is 5.60 Å². The van der Waals surface area contributed by atoms with Crippen molar-refractivity contribution in [2.45, 2.75) is 31.4 Å². The number of halogens is 1. The standard InChI is InChI=1S/C32H28ClN2O4/c1-32(37,25-12-14-34(38)15-13-25)29-20-24-17-21(7-10-28(24)39-29)18-30(36)35-16-11-23-19-26(33)8-9-27(23)31(35)22-5-3-2-4-6-22/h2-10,12-15,17,19-20,31,37-38H,11,16,18H2,1H3/q+1. The van der Waals surface area contributed by atoms with Crippen molar-refractivity contribution in [1.29, 1.82) is 0 Å². The summed E-state index contributed by atoms with van der Waals surface area (Å²) in [5.74, 6) is 0.424. The van der Waals surface area contributed by atoms with Crippen LogP contribution in [-0.2, 0) is 23.2 Å². The first-order chi connectivity index (χ1) is 18.8. The van der Waals surface area contributed by atoms with Gasteiger partial charge in [-0.25, -0.2) is 0 Å². The van der Waals surface area contributed by atoms with Crippen LogP contribution < -0.4 is 4.73 Å². The van der Waals surface area contributed by atoms with E-state index in [0.29, 0.717) is 28.5 Å². The number of hydrogen-bond acceptors (Lipinski definition) is 4. The zero-order valence-electron chi connectivity index (χ0n) is 21.4. The molecule has 0 bridgehead atoms. The largest absolute Gasteiger partial charge is 0.458 e. The number of fused-ring (bicyclic) bond motifs is 2. The van der Waals surface area contributed by atoms with Gasteiger partial charge in [-0.1, -0.05) is 54.1 Å². The monoisotopic (exact) mass is 539 g/mol. The SMILES string of the molecule is CC(O)(c1cc[n+](O)cc1)c1cc2cc(CC(=O)N3CCc4cc(Cl)ccc4C3c3ccccc3)ccc2o1. The predicted octanol–water partition coefficient (Wildman–Crippen LogP) is 5.58. The Hall–Kier alpha value is -4.13. The predicted molar refractivity (Wildman–Crippen MR) is 148 cm³/mol.